The first-order valence-electron chi connectivity index (χ1n) is 9.52. The van der Waals surface area contributed by atoms with Crippen molar-refractivity contribution < 1.29 is 24.2 Å². The lowest BCUT2D eigenvalue weighted by molar-refractivity contribution is -0.135. The van der Waals surface area contributed by atoms with Gasteiger partial charge in [-0.2, -0.15) is 4.99 Å². The van der Waals surface area contributed by atoms with E-state index >= 15 is 0 Å². The zero-order chi connectivity index (χ0) is 22.5. The number of amidine groups is 1. The average Bonchev–Trinajstić information content (AvgIpc) is 2.75. The summed E-state index contributed by atoms with van der Waals surface area (Å²) in [6, 6.07) is 13.1. The molecule has 0 saturated carbocycles. The number of carboxylic acids is 1. The minimum absolute atomic E-state index is 0.0186. The number of ether oxygens (including phenoxy) is 1. The Labute approximate surface area is 179 Å². The van der Waals surface area contributed by atoms with Gasteiger partial charge < -0.3 is 14.7 Å². The number of aromatic carboxylic acids is 1. The summed E-state index contributed by atoms with van der Waals surface area (Å²) in [5.74, 6) is -2.42. The van der Waals surface area contributed by atoms with Crippen LogP contribution < -0.4 is 4.90 Å². The zero-order valence-electron chi connectivity index (χ0n) is 17.3. The molecule has 2 aromatic rings. The van der Waals surface area contributed by atoms with Crippen LogP contribution in [0.4, 0.5) is 5.69 Å². The van der Waals surface area contributed by atoms with Crippen LogP contribution in [0.2, 0.25) is 0 Å². The van der Waals surface area contributed by atoms with E-state index in [-0.39, 0.29) is 29.3 Å². The van der Waals surface area contributed by atoms with Crippen molar-refractivity contribution in [1.82, 2.24) is 0 Å². The van der Waals surface area contributed by atoms with Gasteiger partial charge in [-0.15, -0.1) is 0 Å². The van der Waals surface area contributed by atoms with Crippen LogP contribution in [0.5, 0.6) is 0 Å². The molecule has 0 fully saturated rings. The van der Waals surface area contributed by atoms with Gasteiger partial charge in [0.1, 0.15) is 0 Å². The Morgan fingerprint density at radius 3 is 2.23 bits per heavy atom. The third-order valence-electron chi connectivity index (χ3n) is 4.49. The Bertz CT molecular complexity index is 1110. The fourth-order valence-electron chi connectivity index (χ4n) is 2.86. The smallest absolute Gasteiger partial charge is 0.357 e. The normalized spacial score (nSPS) is 14.7. The maximum absolute atomic E-state index is 12.8. The van der Waals surface area contributed by atoms with Gasteiger partial charge in [0.2, 0.25) is 0 Å². The van der Waals surface area contributed by atoms with E-state index in [9.17, 15) is 14.4 Å². The highest BCUT2D eigenvalue weighted by Crippen LogP contribution is 2.20. The van der Waals surface area contributed by atoms with Crippen LogP contribution in [0.3, 0.4) is 0 Å². The molecule has 0 aromatic heterocycles. The second-order valence-electron chi connectivity index (χ2n) is 6.85. The topological polar surface area (TPSA) is 109 Å². The Morgan fingerprint density at radius 1 is 1.03 bits per heavy atom. The molecule has 1 N–H and O–H groups in total. The summed E-state index contributed by atoms with van der Waals surface area (Å²) in [6.07, 6.45) is 1.55. The molecule has 0 saturated heterocycles. The highest BCUT2D eigenvalue weighted by molar-refractivity contribution is 6.54. The summed E-state index contributed by atoms with van der Waals surface area (Å²) in [7, 11) is 3.84. The molecule has 8 nitrogen and oxygen atoms in total. The predicted molar refractivity (Wildman–Crippen MR) is 118 cm³/mol. The number of carboxylic acid groups (broad SMARTS) is 1. The SMILES string of the molecule is CCOC(=O)C1=NC(c2ccc(C(=O)O)cc2)=NC(=O)C1=Cc1ccc(N(C)C)cc1. The summed E-state index contributed by atoms with van der Waals surface area (Å²) in [5.41, 5.74) is 2.08. The van der Waals surface area contributed by atoms with Gasteiger partial charge >= 0.3 is 11.9 Å². The molecule has 1 amide bonds. The van der Waals surface area contributed by atoms with Crippen molar-refractivity contribution in [2.45, 2.75) is 6.92 Å². The van der Waals surface area contributed by atoms with Crippen LogP contribution in [0.15, 0.2) is 64.1 Å². The number of carbonyl (C=O) groups excluding carboxylic acids is 2. The number of rotatable bonds is 6. The first-order valence-corrected chi connectivity index (χ1v) is 9.52. The minimum atomic E-state index is -1.07. The van der Waals surface area contributed by atoms with Crippen molar-refractivity contribution >= 4 is 41.2 Å². The Morgan fingerprint density at radius 2 is 1.68 bits per heavy atom. The van der Waals surface area contributed by atoms with Crippen molar-refractivity contribution in [3.8, 4) is 0 Å². The molecule has 0 aliphatic carbocycles. The van der Waals surface area contributed by atoms with Crippen LogP contribution in [-0.4, -0.2) is 55.2 Å². The predicted octanol–water partition coefficient (Wildman–Crippen LogP) is 2.83. The maximum Gasteiger partial charge on any atom is 0.357 e. The van der Waals surface area contributed by atoms with E-state index in [1.165, 1.54) is 24.3 Å². The van der Waals surface area contributed by atoms with Crippen LogP contribution in [0.25, 0.3) is 6.08 Å². The second-order valence-corrected chi connectivity index (χ2v) is 6.85. The molecule has 3 rings (SSSR count). The fourth-order valence-corrected chi connectivity index (χ4v) is 2.86. The van der Waals surface area contributed by atoms with Crippen molar-refractivity contribution in [1.29, 1.82) is 0 Å². The fraction of sp³-hybridized carbons (Fsp3) is 0.174. The van der Waals surface area contributed by atoms with Gasteiger partial charge in [0.15, 0.2) is 11.5 Å². The number of benzene rings is 2. The highest BCUT2D eigenvalue weighted by Gasteiger charge is 2.29. The van der Waals surface area contributed by atoms with E-state index in [0.717, 1.165) is 5.69 Å². The molecule has 1 heterocycles. The van der Waals surface area contributed by atoms with E-state index < -0.39 is 17.8 Å². The summed E-state index contributed by atoms with van der Waals surface area (Å²) in [6.45, 7) is 1.78. The molecule has 2 aromatic carbocycles. The zero-order valence-corrected chi connectivity index (χ0v) is 17.3. The van der Waals surface area contributed by atoms with E-state index in [1.54, 1.807) is 13.0 Å². The van der Waals surface area contributed by atoms with E-state index in [4.69, 9.17) is 9.84 Å². The number of carbonyl (C=O) groups is 3. The molecule has 0 unspecified atom stereocenters. The Balaban J connectivity index is 2.01. The molecule has 0 bridgehead atoms. The molecule has 1 aliphatic rings. The first kappa shape index (κ1) is 21.6. The summed E-state index contributed by atoms with van der Waals surface area (Å²) >= 11 is 0. The van der Waals surface area contributed by atoms with Crippen molar-refractivity contribution in [2.75, 3.05) is 25.6 Å². The summed E-state index contributed by atoms with van der Waals surface area (Å²) in [5, 5.41) is 9.04. The highest BCUT2D eigenvalue weighted by atomic mass is 16.5. The molecule has 0 spiro atoms. The molecule has 0 atom stereocenters. The van der Waals surface area contributed by atoms with Crippen molar-refractivity contribution in [3.05, 3.63) is 70.8 Å². The minimum Gasteiger partial charge on any atom is -0.478 e. The van der Waals surface area contributed by atoms with Crippen molar-refractivity contribution in [3.63, 3.8) is 0 Å². The van der Waals surface area contributed by atoms with Gasteiger partial charge in [-0.05, 0) is 42.8 Å². The number of nitrogens with zero attached hydrogens (tertiary/aromatic N) is 3. The number of anilines is 1. The number of aliphatic imine (C=N–C) groups is 2. The summed E-state index contributed by atoms with van der Waals surface area (Å²) in [4.78, 5) is 46.6. The molecule has 158 valence electrons. The third-order valence-corrected chi connectivity index (χ3v) is 4.49. The monoisotopic (exact) mass is 419 g/mol. The lowest BCUT2D eigenvalue weighted by Gasteiger charge is -2.15. The Hall–Kier alpha value is -4.07. The standard InChI is InChI=1S/C23H21N3O5/c1-4-31-23(30)19-18(13-14-5-11-17(12-6-14)26(2)3)21(27)25-20(24-19)15-7-9-16(10-8-15)22(28)29/h5-13H,4H2,1-3H3,(H,28,29). The first-order chi connectivity index (χ1) is 14.8. The van der Waals surface area contributed by atoms with Gasteiger partial charge in [-0.1, -0.05) is 24.3 Å². The lowest BCUT2D eigenvalue weighted by atomic mass is 10.0. The van der Waals surface area contributed by atoms with E-state index in [1.807, 2.05) is 43.3 Å². The van der Waals surface area contributed by atoms with Crippen LogP contribution in [0.1, 0.15) is 28.4 Å². The van der Waals surface area contributed by atoms with Gasteiger partial charge in [-0.3, -0.25) is 4.79 Å². The third kappa shape index (κ3) is 4.92. The lowest BCUT2D eigenvalue weighted by Crippen LogP contribution is -2.28. The van der Waals surface area contributed by atoms with Gasteiger partial charge in [0, 0.05) is 25.3 Å². The molecule has 0 radical (unpaired) electrons. The molecular weight excluding hydrogens is 398 g/mol. The average molecular weight is 419 g/mol. The van der Waals surface area contributed by atoms with Crippen molar-refractivity contribution in [2.24, 2.45) is 9.98 Å². The van der Waals surface area contributed by atoms with E-state index in [0.29, 0.717) is 11.1 Å². The number of esters is 1. The van der Waals surface area contributed by atoms with Crippen LogP contribution in [-0.2, 0) is 14.3 Å². The maximum atomic E-state index is 12.8. The number of hydrogen-bond donors (Lipinski definition) is 1. The van der Waals surface area contributed by atoms with Gasteiger partial charge in [-0.25, -0.2) is 14.6 Å². The second kappa shape index (κ2) is 9.17. The molecule has 1 aliphatic heterocycles. The van der Waals surface area contributed by atoms with Crippen LogP contribution in [0, 0.1) is 0 Å². The largest absolute Gasteiger partial charge is 0.478 e. The molecule has 31 heavy (non-hydrogen) atoms. The number of amides is 1. The molecule has 8 heteroatoms. The van der Waals surface area contributed by atoms with Gasteiger partial charge in [0.05, 0.1) is 17.7 Å². The quantitative estimate of drug-likeness (QED) is 0.570. The molecular formula is C23H21N3O5. The Kier molecular flexibility index (Phi) is 6.40. The van der Waals surface area contributed by atoms with Gasteiger partial charge in [0.25, 0.3) is 5.91 Å². The number of hydrogen-bond acceptors (Lipinski definition) is 6. The summed E-state index contributed by atoms with van der Waals surface area (Å²) < 4.78 is 5.08. The van der Waals surface area contributed by atoms with E-state index in [2.05, 4.69) is 9.98 Å². The van der Waals surface area contributed by atoms with Crippen LogP contribution >= 0.6 is 0 Å².